The molecule has 4 heteroatoms. The van der Waals surface area contributed by atoms with Crippen LogP contribution >= 0.6 is 0 Å². The Bertz CT molecular complexity index is 411. The smallest absolute Gasteiger partial charge is 0.309 e. The highest BCUT2D eigenvalue weighted by Gasteiger charge is 2.24. The number of carbonyl (C=O) groups is 2. The summed E-state index contributed by atoms with van der Waals surface area (Å²) < 4.78 is 5.19. The number of rotatable bonds is 7. The number of hydrogen-bond acceptors (Lipinski definition) is 3. The number of carbonyl (C=O) groups excluding carboxylic acids is 1. The van der Waals surface area contributed by atoms with Crippen LogP contribution in [0.1, 0.15) is 32.3 Å². The first-order valence-corrected chi connectivity index (χ1v) is 6.41. The minimum Gasteiger partial charge on any atom is -0.481 e. The number of hydrogen-bond donors (Lipinski definition) is 1. The summed E-state index contributed by atoms with van der Waals surface area (Å²) in [6, 6.07) is 9.35. The molecule has 1 atom stereocenters. The third-order valence-electron chi connectivity index (χ3n) is 2.73. The van der Waals surface area contributed by atoms with Crippen LogP contribution in [0.25, 0.3) is 0 Å². The molecule has 0 spiro atoms. The van der Waals surface area contributed by atoms with Gasteiger partial charge < -0.3 is 9.84 Å². The lowest BCUT2D eigenvalue weighted by molar-refractivity contribution is -0.154. The minimum atomic E-state index is -0.970. The average Bonchev–Trinajstić information content (AvgIpc) is 2.35. The zero-order valence-electron chi connectivity index (χ0n) is 11.3. The highest BCUT2D eigenvalue weighted by molar-refractivity contribution is 5.79. The van der Waals surface area contributed by atoms with E-state index in [0.29, 0.717) is 6.42 Å². The van der Waals surface area contributed by atoms with Gasteiger partial charge in [0.1, 0.15) is 6.61 Å². The largest absolute Gasteiger partial charge is 0.481 e. The molecule has 0 amide bonds. The SMILES string of the molecule is CC(C)CC(CC(=O)O)C(=O)OCc1ccccc1. The molecule has 0 aliphatic carbocycles. The highest BCUT2D eigenvalue weighted by atomic mass is 16.5. The van der Waals surface area contributed by atoms with Gasteiger partial charge in [-0.25, -0.2) is 0 Å². The van der Waals surface area contributed by atoms with E-state index in [1.54, 1.807) is 0 Å². The third-order valence-corrected chi connectivity index (χ3v) is 2.73. The minimum absolute atomic E-state index is 0.175. The summed E-state index contributed by atoms with van der Waals surface area (Å²) in [5, 5.41) is 8.82. The van der Waals surface area contributed by atoms with Crippen molar-refractivity contribution in [1.82, 2.24) is 0 Å². The second-order valence-electron chi connectivity index (χ2n) is 5.02. The summed E-state index contributed by atoms with van der Waals surface area (Å²) in [5.74, 6) is -1.71. The summed E-state index contributed by atoms with van der Waals surface area (Å²) in [7, 11) is 0. The lowest BCUT2D eigenvalue weighted by Gasteiger charge is -2.16. The van der Waals surface area contributed by atoms with Crippen LogP contribution in [-0.2, 0) is 20.9 Å². The van der Waals surface area contributed by atoms with Gasteiger partial charge in [-0.1, -0.05) is 44.2 Å². The summed E-state index contributed by atoms with van der Waals surface area (Å²) in [6.45, 7) is 4.10. The third kappa shape index (κ3) is 6.04. The predicted octanol–water partition coefficient (Wildman–Crippen LogP) is 2.87. The first-order chi connectivity index (χ1) is 8.99. The topological polar surface area (TPSA) is 63.6 Å². The number of esters is 1. The fourth-order valence-corrected chi connectivity index (χ4v) is 1.89. The summed E-state index contributed by atoms with van der Waals surface area (Å²) in [4.78, 5) is 22.7. The predicted molar refractivity (Wildman–Crippen MR) is 71.4 cm³/mol. The summed E-state index contributed by atoms with van der Waals surface area (Å²) in [5.41, 5.74) is 0.898. The number of carboxylic acid groups (broad SMARTS) is 1. The van der Waals surface area contributed by atoms with E-state index in [2.05, 4.69) is 0 Å². The van der Waals surface area contributed by atoms with Gasteiger partial charge in [0.05, 0.1) is 12.3 Å². The van der Waals surface area contributed by atoms with Crippen LogP contribution in [0.2, 0.25) is 0 Å². The first kappa shape index (κ1) is 15.2. The molecule has 19 heavy (non-hydrogen) atoms. The molecule has 0 radical (unpaired) electrons. The van der Waals surface area contributed by atoms with Crippen LogP contribution < -0.4 is 0 Å². The molecule has 4 nitrogen and oxygen atoms in total. The molecule has 0 bridgehead atoms. The number of carboxylic acids is 1. The van der Waals surface area contributed by atoms with Crippen molar-refractivity contribution in [2.75, 3.05) is 0 Å². The Morgan fingerprint density at radius 3 is 2.37 bits per heavy atom. The van der Waals surface area contributed by atoms with Crippen LogP contribution in [-0.4, -0.2) is 17.0 Å². The molecule has 104 valence electrons. The van der Waals surface area contributed by atoms with E-state index >= 15 is 0 Å². The fourth-order valence-electron chi connectivity index (χ4n) is 1.89. The molecule has 0 saturated carbocycles. The van der Waals surface area contributed by atoms with Crippen LogP contribution in [0.4, 0.5) is 0 Å². The second-order valence-corrected chi connectivity index (χ2v) is 5.02. The normalized spacial score (nSPS) is 12.2. The van der Waals surface area contributed by atoms with Gasteiger partial charge in [-0.05, 0) is 17.9 Å². The number of benzene rings is 1. The van der Waals surface area contributed by atoms with Gasteiger partial charge in [0.25, 0.3) is 0 Å². The maximum absolute atomic E-state index is 11.9. The lowest BCUT2D eigenvalue weighted by atomic mass is 9.94. The zero-order chi connectivity index (χ0) is 14.3. The summed E-state index contributed by atoms with van der Waals surface area (Å²) in [6.07, 6.45) is 0.353. The van der Waals surface area contributed by atoms with Crippen LogP contribution in [0.15, 0.2) is 30.3 Å². The molecule has 0 aliphatic heterocycles. The van der Waals surface area contributed by atoms with Crippen LogP contribution in [0, 0.1) is 11.8 Å². The monoisotopic (exact) mass is 264 g/mol. The Balaban J connectivity index is 2.54. The Labute approximate surface area is 113 Å². The maximum Gasteiger partial charge on any atom is 0.309 e. The van der Waals surface area contributed by atoms with E-state index < -0.39 is 17.9 Å². The molecule has 1 aromatic carbocycles. The standard InChI is InChI=1S/C15H20O4/c1-11(2)8-13(9-14(16)17)15(18)19-10-12-6-4-3-5-7-12/h3-7,11,13H,8-10H2,1-2H3,(H,16,17). The molecule has 1 aromatic rings. The van der Waals surface area contributed by atoms with Crippen molar-refractivity contribution in [1.29, 1.82) is 0 Å². The molecular weight excluding hydrogens is 244 g/mol. The van der Waals surface area contributed by atoms with E-state index in [-0.39, 0.29) is 18.9 Å². The van der Waals surface area contributed by atoms with E-state index in [1.165, 1.54) is 0 Å². The molecule has 1 N–H and O–H groups in total. The molecule has 0 aromatic heterocycles. The van der Waals surface area contributed by atoms with Gasteiger partial charge in [-0.15, -0.1) is 0 Å². The molecule has 0 saturated heterocycles. The second kappa shape index (κ2) is 7.56. The average molecular weight is 264 g/mol. The van der Waals surface area contributed by atoms with E-state index in [4.69, 9.17) is 9.84 Å². The van der Waals surface area contributed by atoms with E-state index in [1.807, 2.05) is 44.2 Å². The van der Waals surface area contributed by atoms with Gasteiger partial charge in [0, 0.05) is 0 Å². The van der Waals surface area contributed by atoms with Gasteiger partial charge >= 0.3 is 11.9 Å². The Morgan fingerprint density at radius 2 is 1.84 bits per heavy atom. The van der Waals surface area contributed by atoms with Crippen molar-refractivity contribution in [3.8, 4) is 0 Å². The van der Waals surface area contributed by atoms with Gasteiger partial charge in [0.15, 0.2) is 0 Å². The maximum atomic E-state index is 11.9. The molecule has 0 heterocycles. The summed E-state index contributed by atoms with van der Waals surface area (Å²) >= 11 is 0. The zero-order valence-corrected chi connectivity index (χ0v) is 11.3. The Morgan fingerprint density at radius 1 is 1.21 bits per heavy atom. The van der Waals surface area contributed by atoms with Crippen LogP contribution in [0.3, 0.4) is 0 Å². The van der Waals surface area contributed by atoms with Crippen molar-refractivity contribution >= 4 is 11.9 Å². The Kier molecular flexibility index (Phi) is 6.06. The molecular formula is C15H20O4. The van der Waals surface area contributed by atoms with Crippen molar-refractivity contribution in [2.45, 2.75) is 33.3 Å². The Hall–Kier alpha value is -1.84. The highest BCUT2D eigenvalue weighted by Crippen LogP contribution is 2.18. The van der Waals surface area contributed by atoms with E-state index in [0.717, 1.165) is 5.56 Å². The molecule has 1 unspecified atom stereocenters. The quantitative estimate of drug-likeness (QED) is 0.769. The number of aliphatic carboxylic acids is 1. The van der Waals surface area contributed by atoms with Crippen molar-refractivity contribution in [3.63, 3.8) is 0 Å². The van der Waals surface area contributed by atoms with Crippen molar-refractivity contribution < 1.29 is 19.4 Å². The van der Waals surface area contributed by atoms with Gasteiger partial charge in [-0.3, -0.25) is 9.59 Å². The van der Waals surface area contributed by atoms with Crippen molar-refractivity contribution in [2.24, 2.45) is 11.8 Å². The molecule has 0 fully saturated rings. The van der Waals surface area contributed by atoms with Gasteiger partial charge in [-0.2, -0.15) is 0 Å². The molecule has 0 aliphatic rings. The van der Waals surface area contributed by atoms with Crippen molar-refractivity contribution in [3.05, 3.63) is 35.9 Å². The van der Waals surface area contributed by atoms with Gasteiger partial charge in [0.2, 0.25) is 0 Å². The first-order valence-electron chi connectivity index (χ1n) is 6.41. The molecule has 1 rings (SSSR count). The fraction of sp³-hybridized carbons (Fsp3) is 0.467. The lowest BCUT2D eigenvalue weighted by Crippen LogP contribution is -2.22. The van der Waals surface area contributed by atoms with E-state index in [9.17, 15) is 9.59 Å². The number of ether oxygens (including phenoxy) is 1. The van der Waals surface area contributed by atoms with Crippen LogP contribution in [0.5, 0.6) is 0 Å².